The molecule has 1 aliphatic carbocycles. The van der Waals surface area contributed by atoms with Gasteiger partial charge < -0.3 is 5.32 Å². The predicted molar refractivity (Wildman–Crippen MR) is 88.2 cm³/mol. The highest BCUT2D eigenvalue weighted by Crippen LogP contribution is 2.45. The number of hydrogen-bond donors (Lipinski definition) is 1. The number of piperidine rings is 1. The van der Waals surface area contributed by atoms with Gasteiger partial charge in [-0.15, -0.1) is 0 Å². The fourth-order valence-corrected chi connectivity index (χ4v) is 3.89. The molecule has 1 nitrogen and oxygen atoms in total. The lowest BCUT2D eigenvalue weighted by Crippen LogP contribution is -2.30. The first kappa shape index (κ1) is 14.6. The van der Waals surface area contributed by atoms with Gasteiger partial charge in [-0.2, -0.15) is 0 Å². The topological polar surface area (TPSA) is 12.0 Å². The van der Waals surface area contributed by atoms with Crippen molar-refractivity contribution in [2.75, 3.05) is 13.1 Å². The maximum absolute atomic E-state index is 13.8. The minimum atomic E-state index is -0.235. The monoisotopic (exact) mass is 311 g/mol. The molecule has 1 atom stereocenters. The number of halogens is 2. The largest absolute Gasteiger partial charge is 0.317 e. The van der Waals surface area contributed by atoms with Gasteiger partial charge in [-0.3, -0.25) is 0 Å². The summed E-state index contributed by atoms with van der Waals surface area (Å²) in [6, 6.07) is 11.6. The first-order valence-corrected chi connectivity index (χ1v) is 8.20. The molecule has 0 aromatic heterocycles. The fourth-order valence-electron chi connectivity index (χ4n) is 3.89. The Labute approximate surface area is 135 Å². The van der Waals surface area contributed by atoms with Crippen molar-refractivity contribution in [2.45, 2.75) is 18.8 Å². The fraction of sp³-hybridized carbons (Fsp3) is 0.300. The molecule has 0 bridgehead atoms. The van der Waals surface area contributed by atoms with E-state index in [0.717, 1.165) is 48.2 Å². The number of rotatable bonds is 2. The molecule has 0 radical (unpaired) electrons. The molecule has 0 amide bonds. The van der Waals surface area contributed by atoms with Crippen molar-refractivity contribution >= 4 is 5.57 Å². The van der Waals surface area contributed by atoms with Gasteiger partial charge in [0.15, 0.2) is 0 Å². The van der Waals surface area contributed by atoms with E-state index in [2.05, 4.69) is 11.4 Å². The first-order chi connectivity index (χ1) is 11.2. The van der Waals surface area contributed by atoms with E-state index in [9.17, 15) is 8.78 Å². The van der Waals surface area contributed by atoms with Crippen LogP contribution in [0.15, 0.2) is 48.5 Å². The average Bonchev–Trinajstić information content (AvgIpc) is 2.95. The smallest absolute Gasteiger partial charge is 0.123 e. The van der Waals surface area contributed by atoms with Crippen molar-refractivity contribution in [2.24, 2.45) is 5.92 Å². The van der Waals surface area contributed by atoms with E-state index in [1.54, 1.807) is 18.2 Å². The quantitative estimate of drug-likeness (QED) is 0.861. The Morgan fingerprint density at radius 2 is 1.57 bits per heavy atom. The standard InChI is InChI=1S/C20H19F2N/c21-15-3-1-13(2-4-15)18-12-19(14-7-9-23-10-8-14)20-11-16(22)5-6-17(18)20/h1-6,11-12,14,19,23H,7-10H2. The van der Waals surface area contributed by atoms with Gasteiger partial charge >= 0.3 is 0 Å². The zero-order valence-corrected chi connectivity index (χ0v) is 12.9. The maximum atomic E-state index is 13.8. The molecule has 2 aliphatic rings. The number of hydrogen-bond acceptors (Lipinski definition) is 1. The van der Waals surface area contributed by atoms with Crippen LogP contribution >= 0.6 is 0 Å². The molecule has 1 saturated heterocycles. The van der Waals surface area contributed by atoms with Gasteiger partial charge in [0.2, 0.25) is 0 Å². The summed E-state index contributed by atoms with van der Waals surface area (Å²) >= 11 is 0. The number of nitrogens with one attached hydrogen (secondary N) is 1. The first-order valence-electron chi connectivity index (χ1n) is 8.20. The minimum absolute atomic E-state index is 0.184. The Hall–Kier alpha value is -2.00. The summed E-state index contributed by atoms with van der Waals surface area (Å²) in [5, 5.41) is 3.39. The summed E-state index contributed by atoms with van der Waals surface area (Å²) in [6.45, 7) is 2.04. The summed E-state index contributed by atoms with van der Waals surface area (Å²) in [7, 11) is 0. The molecule has 1 unspecified atom stereocenters. The Morgan fingerprint density at radius 3 is 2.30 bits per heavy atom. The van der Waals surface area contributed by atoms with Crippen LogP contribution in [0, 0.1) is 17.6 Å². The van der Waals surface area contributed by atoms with E-state index in [-0.39, 0.29) is 17.6 Å². The van der Waals surface area contributed by atoms with Crippen LogP contribution in [0.3, 0.4) is 0 Å². The van der Waals surface area contributed by atoms with Gasteiger partial charge in [0.05, 0.1) is 0 Å². The average molecular weight is 311 g/mol. The molecule has 2 aromatic rings. The summed E-state index contributed by atoms with van der Waals surface area (Å²) in [5.41, 5.74) is 4.26. The van der Waals surface area contributed by atoms with Crippen molar-refractivity contribution < 1.29 is 8.78 Å². The molecule has 118 valence electrons. The van der Waals surface area contributed by atoms with Crippen molar-refractivity contribution in [1.82, 2.24) is 5.32 Å². The van der Waals surface area contributed by atoms with Gasteiger partial charge in [0.1, 0.15) is 11.6 Å². The molecule has 23 heavy (non-hydrogen) atoms. The lowest BCUT2D eigenvalue weighted by Gasteiger charge is -2.27. The second-order valence-electron chi connectivity index (χ2n) is 6.43. The predicted octanol–water partition coefficient (Wildman–Crippen LogP) is 4.49. The summed E-state index contributed by atoms with van der Waals surface area (Å²) < 4.78 is 27.0. The van der Waals surface area contributed by atoms with E-state index >= 15 is 0 Å². The Balaban J connectivity index is 1.78. The van der Waals surface area contributed by atoms with Crippen molar-refractivity contribution in [1.29, 1.82) is 0 Å². The van der Waals surface area contributed by atoms with Gasteiger partial charge in [0.25, 0.3) is 0 Å². The maximum Gasteiger partial charge on any atom is 0.123 e. The molecular weight excluding hydrogens is 292 g/mol. The third-order valence-corrected chi connectivity index (χ3v) is 5.06. The van der Waals surface area contributed by atoms with E-state index in [1.165, 1.54) is 18.2 Å². The highest BCUT2D eigenvalue weighted by Gasteiger charge is 2.31. The summed E-state index contributed by atoms with van der Waals surface area (Å²) in [4.78, 5) is 0. The van der Waals surface area contributed by atoms with Gasteiger partial charge in [-0.05, 0) is 78.4 Å². The molecule has 4 rings (SSSR count). The van der Waals surface area contributed by atoms with Crippen LogP contribution < -0.4 is 5.32 Å². The SMILES string of the molecule is Fc1ccc(C2=CC(C3CCNCC3)c3cc(F)ccc32)cc1. The zero-order chi connectivity index (χ0) is 15.8. The minimum Gasteiger partial charge on any atom is -0.317 e. The summed E-state index contributed by atoms with van der Waals surface area (Å²) in [6.07, 6.45) is 4.47. The molecule has 1 fully saturated rings. The molecule has 1 aliphatic heterocycles. The van der Waals surface area contributed by atoms with E-state index < -0.39 is 0 Å². The molecule has 3 heteroatoms. The summed E-state index contributed by atoms with van der Waals surface area (Å²) in [5.74, 6) is 0.371. The van der Waals surface area contributed by atoms with Crippen LogP contribution in [0.25, 0.3) is 5.57 Å². The lowest BCUT2D eigenvalue weighted by atomic mass is 9.82. The van der Waals surface area contributed by atoms with Crippen molar-refractivity contribution in [3.05, 3.63) is 76.9 Å². The Morgan fingerprint density at radius 1 is 0.870 bits per heavy atom. The van der Waals surface area contributed by atoms with E-state index in [4.69, 9.17) is 0 Å². The third-order valence-electron chi connectivity index (χ3n) is 5.06. The van der Waals surface area contributed by atoms with E-state index in [0.29, 0.717) is 5.92 Å². The number of fused-ring (bicyclic) bond motifs is 1. The highest BCUT2D eigenvalue weighted by atomic mass is 19.1. The van der Waals surface area contributed by atoms with Crippen LogP contribution in [0.2, 0.25) is 0 Å². The third kappa shape index (κ3) is 2.70. The van der Waals surface area contributed by atoms with Crippen LogP contribution in [-0.4, -0.2) is 13.1 Å². The molecule has 1 N–H and O–H groups in total. The van der Waals surface area contributed by atoms with Crippen molar-refractivity contribution in [3.63, 3.8) is 0 Å². The second kappa shape index (κ2) is 5.89. The molecule has 2 aromatic carbocycles. The lowest BCUT2D eigenvalue weighted by molar-refractivity contribution is 0.348. The number of benzene rings is 2. The zero-order valence-electron chi connectivity index (χ0n) is 12.9. The normalized spacial score (nSPS) is 21.1. The van der Waals surface area contributed by atoms with Gasteiger partial charge in [-0.25, -0.2) is 8.78 Å². The van der Waals surface area contributed by atoms with Crippen LogP contribution in [0.5, 0.6) is 0 Å². The van der Waals surface area contributed by atoms with Crippen LogP contribution in [0.4, 0.5) is 8.78 Å². The molecule has 1 heterocycles. The van der Waals surface area contributed by atoms with Crippen molar-refractivity contribution in [3.8, 4) is 0 Å². The van der Waals surface area contributed by atoms with E-state index in [1.807, 2.05) is 6.07 Å². The highest BCUT2D eigenvalue weighted by molar-refractivity contribution is 5.85. The van der Waals surface area contributed by atoms with Crippen LogP contribution in [0.1, 0.15) is 35.4 Å². The van der Waals surface area contributed by atoms with Gasteiger partial charge in [0, 0.05) is 5.92 Å². The molecule has 0 spiro atoms. The number of allylic oxidation sites excluding steroid dienone is 1. The Bertz CT molecular complexity index is 743. The van der Waals surface area contributed by atoms with Gasteiger partial charge in [-0.1, -0.05) is 24.3 Å². The second-order valence-corrected chi connectivity index (χ2v) is 6.43. The van der Waals surface area contributed by atoms with Crippen LogP contribution in [-0.2, 0) is 0 Å². The Kier molecular flexibility index (Phi) is 3.74. The molecule has 0 saturated carbocycles. The molecular formula is C20H19F2N.